The maximum Gasteiger partial charge on any atom is 0.261 e. The standard InChI is InChI=1S/C19H27NO2/c1-4-18(22-16-8-5-12(2)13(3)9-16)19(21)20-17-11-14-6-7-15(17)10-14/h5,8-9,14-15,17-18H,4,6-7,10-11H2,1-3H3,(H,20,21)/t14-,15-,17+,18-/m0/s1. The van der Waals surface area contributed by atoms with E-state index in [1.165, 1.54) is 30.4 Å². The van der Waals surface area contributed by atoms with E-state index in [0.29, 0.717) is 18.4 Å². The maximum absolute atomic E-state index is 12.5. The summed E-state index contributed by atoms with van der Waals surface area (Å²) in [6, 6.07) is 6.40. The number of nitrogens with one attached hydrogen (secondary N) is 1. The number of benzene rings is 1. The molecule has 0 unspecified atom stereocenters. The predicted molar refractivity (Wildman–Crippen MR) is 88.0 cm³/mol. The second kappa shape index (κ2) is 6.31. The summed E-state index contributed by atoms with van der Waals surface area (Å²) in [7, 11) is 0. The van der Waals surface area contributed by atoms with Crippen LogP contribution in [0.4, 0.5) is 0 Å². The smallest absolute Gasteiger partial charge is 0.261 e. The van der Waals surface area contributed by atoms with Crippen molar-refractivity contribution in [1.82, 2.24) is 5.32 Å². The molecule has 0 heterocycles. The minimum Gasteiger partial charge on any atom is -0.481 e. The highest BCUT2D eigenvalue weighted by Gasteiger charge is 2.40. The van der Waals surface area contributed by atoms with Gasteiger partial charge in [-0.25, -0.2) is 0 Å². The van der Waals surface area contributed by atoms with Crippen LogP contribution in [-0.2, 0) is 4.79 Å². The zero-order chi connectivity index (χ0) is 15.7. The summed E-state index contributed by atoms with van der Waals surface area (Å²) in [4.78, 5) is 12.5. The van der Waals surface area contributed by atoms with Crippen molar-refractivity contribution < 1.29 is 9.53 Å². The molecule has 2 saturated carbocycles. The van der Waals surface area contributed by atoms with Gasteiger partial charge in [-0.2, -0.15) is 0 Å². The van der Waals surface area contributed by atoms with E-state index in [0.717, 1.165) is 18.1 Å². The molecule has 2 aliphatic rings. The van der Waals surface area contributed by atoms with Crippen molar-refractivity contribution in [2.75, 3.05) is 0 Å². The first-order chi connectivity index (χ1) is 10.6. The lowest BCUT2D eigenvalue weighted by Gasteiger charge is -2.25. The van der Waals surface area contributed by atoms with Crippen molar-refractivity contribution in [3.05, 3.63) is 29.3 Å². The van der Waals surface area contributed by atoms with Gasteiger partial charge in [-0.3, -0.25) is 4.79 Å². The fourth-order valence-electron chi connectivity index (χ4n) is 3.97. The Morgan fingerprint density at radius 1 is 1.27 bits per heavy atom. The first kappa shape index (κ1) is 15.4. The summed E-state index contributed by atoms with van der Waals surface area (Å²) >= 11 is 0. The van der Waals surface area contributed by atoms with E-state index in [4.69, 9.17) is 4.74 Å². The predicted octanol–water partition coefficient (Wildman–Crippen LogP) is 3.77. The molecule has 1 aromatic rings. The van der Waals surface area contributed by atoms with Crippen LogP contribution in [0.15, 0.2) is 18.2 Å². The molecule has 0 aliphatic heterocycles. The highest BCUT2D eigenvalue weighted by Crippen LogP contribution is 2.44. The topological polar surface area (TPSA) is 38.3 Å². The summed E-state index contributed by atoms with van der Waals surface area (Å²) in [5.74, 6) is 2.39. The van der Waals surface area contributed by atoms with E-state index in [9.17, 15) is 4.79 Å². The highest BCUT2D eigenvalue weighted by atomic mass is 16.5. The van der Waals surface area contributed by atoms with E-state index in [2.05, 4.69) is 19.2 Å². The first-order valence-electron chi connectivity index (χ1n) is 8.61. The monoisotopic (exact) mass is 301 g/mol. The van der Waals surface area contributed by atoms with Gasteiger partial charge in [0.25, 0.3) is 5.91 Å². The lowest BCUT2D eigenvalue weighted by Crippen LogP contribution is -2.45. The van der Waals surface area contributed by atoms with Crippen LogP contribution >= 0.6 is 0 Å². The third-order valence-corrected chi connectivity index (χ3v) is 5.49. The Balaban J connectivity index is 1.60. The number of carbonyl (C=O) groups excluding carboxylic acids is 1. The van der Waals surface area contributed by atoms with Gasteiger partial charge in [0.15, 0.2) is 6.10 Å². The minimum atomic E-state index is -0.388. The molecule has 22 heavy (non-hydrogen) atoms. The molecule has 0 saturated heterocycles. The summed E-state index contributed by atoms with van der Waals surface area (Å²) in [6.07, 6.45) is 5.41. The average molecular weight is 301 g/mol. The number of hydrogen-bond acceptors (Lipinski definition) is 2. The average Bonchev–Trinajstić information content (AvgIpc) is 3.10. The Labute approximate surface area is 133 Å². The van der Waals surface area contributed by atoms with Crippen molar-refractivity contribution in [1.29, 1.82) is 0 Å². The lowest BCUT2D eigenvalue weighted by molar-refractivity contribution is -0.129. The van der Waals surface area contributed by atoms with E-state index < -0.39 is 0 Å². The summed E-state index contributed by atoms with van der Waals surface area (Å²) in [5, 5.41) is 3.24. The molecule has 1 aromatic carbocycles. The van der Waals surface area contributed by atoms with E-state index in [1.54, 1.807) is 0 Å². The Bertz CT molecular complexity index is 554. The number of aryl methyl sites for hydroxylation is 2. The molecule has 1 amide bonds. The Morgan fingerprint density at radius 3 is 2.68 bits per heavy atom. The molecule has 0 spiro atoms. The summed E-state index contributed by atoms with van der Waals surface area (Å²) in [5.41, 5.74) is 2.44. The van der Waals surface area contributed by atoms with Crippen molar-refractivity contribution >= 4 is 5.91 Å². The van der Waals surface area contributed by atoms with E-state index in [1.807, 2.05) is 25.1 Å². The molecule has 2 bridgehead atoms. The molecular formula is C19H27NO2. The van der Waals surface area contributed by atoms with E-state index in [-0.39, 0.29) is 12.0 Å². The second-order valence-electron chi connectivity index (χ2n) is 7.05. The molecule has 2 aliphatic carbocycles. The fourth-order valence-corrected chi connectivity index (χ4v) is 3.97. The number of carbonyl (C=O) groups is 1. The van der Waals surface area contributed by atoms with Gasteiger partial charge in [0.2, 0.25) is 0 Å². The number of amides is 1. The van der Waals surface area contributed by atoms with Crippen LogP contribution in [-0.4, -0.2) is 18.1 Å². The molecular weight excluding hydrogens is 274 g/mol. The van der Waals surface area contributed by atoms with Gasteiger partial charge < -0.3 is 10.1 Å². The van der Waals surface area contributed by atoms with Gasteiger partial charge in [-0.1, -0.05) is 19.4 Å². The Morgan fingerprint density at radius 2 is 2.09 bits per heavy atom. The van der Waals surface area contributed by atoms with Crippen molar-refractivity contribution in [2.24, 2.45) is 11.8 Å². The largest absolute Gasteiger partial charge is 0.481 e. The molecule has 120 valence electrons. The fraction of sp³-hybridized carbons (Fsp3) is 0.632. The van der Waals surface area contributed by atoms with E-state index >= 15 is 0 Å². The van der Waals surface area contributed by atoms with Gasteiger partial charge in [0.1, 0.15) is 5.75 Å². The Hall–Kier alpha value is -1.51. The molecule has 1 N–H and O–H groups in total. The van der Waals surface area contributed by atoms with Crippen molar-refractivity contribution in [2.45, 2.75) is 65.0 Å². The summed E-state index contributed by atoms with van der Waals surface area (Å²) < 4.78 is 5.94. The Kier molecular flexibility index (Phi) is 4.42. The zero-order valence-corrected chi connectivity index (χ0v) is 13.9. The number of rotatable bonds is 5. The van der Waals surface area contributed by atoms with Gasteiger partial charge in [-0.05, 0) is 74.6 Å². The molecule has 0 aromatic heterocycles. The van der Waals surface area contributed by atoms with Crippen LogP contribution in [0.2, 0.25) is 0 Å². The van der Waals surface area contributed by atoms with Gasteiger partial charge in [0.05, 0.1) is 0 Å². The SMILES string of the molecule is CC[C@H](Oc1ccc(C)c(C)c1)C(=O)N[C@@H]1C[C@H]2CC[C@H]1C2. The number of fused-ring (bicyclic) bond motifs is 2. The quantitative estimate of drug-likeness (QED) is 0.899. The van der Waals surface area contributed by atoms with Crippen LogP contribution in [0, 0.1) is 25.7 Å². The normalized spacial score (nSPS) is 27.7. The first-order valence-corrected chi connectivity index (χ1v) is 8.61. The molecule has 3 nitrogen and oxygen atoms in total. The molecule has 3 heteroatoms. The van der Waals surface area contributed by atoms with Crippen LogP contribution < -0.4 is 10.1 Å². The van der Waals surface area contributed by atoms with Gasteiger partial charge in [-0.15, -0.1) is 0 Å². The van der Waals surface area contributed by atoms with Crippen LogP contribution in [0.1, 0.15) is 50.2 Å². The maximum atomic E-state index is 12.5. The van der Waals surface area contributed by atoms with Crippen LogP contribution in [0.5, 0.6) is 5.75 Å². The highest BCUT2D eigenvalue weighted by molar-refractivity contribution is 5.81. The number of ether oxygens (including phenoxy) is 1. The second-order valence-corrected chi connectivity index (χ2v) is 7.05. The number of hydrogen-bond donors (Lipinski definition) is 1. The molecule has 3 rings (SSSR count). The molecule has 0 radical (unpaired) electrons. The zero-order valence-electron chi connectivity index (χ0n) is 13.9. The molecule has 2 fully saturated rings. The third-order valence-electron chi connectivity index (χ3n) is 5.49. The summed E-state index contributed by atoms with van der Waals surface area (Å²) in [6.45, 7) is 6.16. The third kappa shape index (κ3) is 3.13. The van der Waals surface area contributed by atoms with Gasteiger partial charge in [0, 0.05) is 6.04 Å². The lowest BCUT2D eigenvalue weighted by atomic mass is 9.95. The van der Waals surface area contributed by atoms with Crippen LogP contribution in [0.3, 0.4) is 0 Å². The molecule has 4 atom stereocenters. The van der Waals surface area contributed by atoms with Crippen LogP contribution in [0.25, 0.3) is 0 Å². The minimum absolute atomic E-state index is 0.0540. The van der Waals surface area contributed by atoms with Crippen molar-refractivity contribution in [3.8, 4) is 5.75 Å². The van der Waals surface area contributed by atoms with Crippen molar-refractivity contribution in [3.63, 3.8) is 0 Å². The van der Waals surface area contributed by atoms with Gasteiger partial charge >= 0.3 is 0 Å².